The molecule has 1 N–H and O–H groups in total. The summed E-state index contributed by atoms with van der Waals surface area (Å²) in [5, 5.41) is 2.57. The van der Waals surface area contributed by atoms with Gasteiger partial charge < -0.3 is 24.4 Å². The van der Waals surface area contributed by atoms with Gasteiger partial charge in [0.25, 0.3) is 10.0 Å². The second-order valence-electron chi connectivity index (χ2n) is 8.91. The number of ether oxygens (including phenoxy) is 3. The number of sulfonamides is 1. The lowest BCUT2D eigenvalue weighted by Crippen LogP contribution is -2.51. The van der Waals surface area contributed by atoms with Crippen LogP contribution in [-0.2, 0) is 26.2 Å². The van der Waals surface area contributed by atoms with Crippen molar-refractivity contribution < 1.29 is 36.6 Å². The van der Waals surface area contributed by atoms with Crippen LogP contribution in [0.2, 0.25) is 0 Å². The summed E-state index contributed by atoms with van der Waals surface area (Å²) in [5.41, 5.74) is 0.768. The molecule has 0 fully saturated rings. The maximum Gasteiger partial charge on any atom is 0.264 e. The molecule has 3 aromatic carbocycles. The fourth-order valence-electron chi connectivity index (χ4n) is 4.25. The van der Waals surface area contributed by atoms with Crippen molar-refractivity contribution in [1.29, 1.82) is 0 Å². The third-order valence-electron chi connectivity index (χ3n) is 6.48. The van der Waals surface area contributed by atoms with E-state index in [9.17, 15) is 22.4 Å². The average Bonchev–Trinajstić information content (AvgIpc) is 2.99. The van der Waals surface area contributed by atoms with E-state index in [1.54, 1.807) is 31.2 Å². The van der Waals surface area contributed by atoms with Gasteiger partial charge in [0.05, 0.1) is 31.9 Å². The lowest BCUT2D eigenvalue weighted by atomic mass is 10.1. The minimum atomic E-state index is -4.38. The summed E-state index contributed by atoms with van der Waals surface area (Å²) < 4.78 is 58.3. The Labute approximate surface area is 239 Å². The number of anilines is 1. The lowest BCUT2D eigenvalue weighted by Gasteiger charge is -2.33. The van der Waals surface area contributed by atoms with E-state index < -0.39 is 40.2 Å². The van der Waals surface area contributed by atoms with Gasteiger partial charge in [-0.1, -0.05) is 19.1 Å². The Morgan fingerprint density at radius 3 is 2.07 bits per heavy atom. The molecule has 0 heterocycles. The lowest BCUT2D eigenvalue weighted by molar-refractivity contribution is -0.140. The summed E-state index contributed by atoms with van der Waals surface area (Å²) in [6.07, 6.45) is 0.278. The highest BCUT2D eigenvalue weighted by Crippen LogP contribution is 2.32. The van der Waals surface area contributed by atoms with Gasteiger partial charge >= 0.3 is 0 Å². The van der Waals surface area contributed by atoms with Crippen molar-refractivity contribution in [3.63, 3.8) is 0 Å². The van der Waals surface area contributed by atoms with Gasteiger partial charge in [-0.3, -0.25) is 13.9 Å². The smallest absolute Gasteiger partial charge is 0.264 e. The Hall–Kier alpha value is -4.32. The molecule has 1 atom stereocenters. The molecule has 220 valence electrons. The van der Waals surface area contributed by atoms with Crippen LogP contribution in [0.15, 0.2) is 71.6 Å². The van der Waals surface area contributed by atoms with Crippen molar-refractivity contribution in [2.24, 2.45) is 0 Å². The highest BCUT2D eigenvalue weighted by atomic mass is 32.2. The van der Waals surface area contributed by atoms with Crippen molar-refractivity contribution in [3.05, 3.63) is 78.1 Å². The van der Waals surface area contributed by atoms with E-state index in [0.29, 0.717) is 17.1 Å². The zero-order valence-corrected chi connectivity index (χ0v) is 24.4. The minimum Gasteiger partial charge on any atom is -0.497 e. The van der Waals surface area contributed by atoms with Crippen LogP contribution in [-0.4, -0.2) is 66.1 Å². The fourth-order valence-corrected chi connectivity index (χ4v) is 5.68. The first-order valence-corrected chi connectivity index (χ1v) is 14.2. The van der Waals surface area contributed by atoms with Crippen LogP contribution in [0.3, 0.4) is 0 Å². The molecule has 0 saturated carbocycles. The van der Waals surface area contributed by atoms with Crippen molar-refractivity contribution in [2.75, 3.05) is 39.2 Å². The summed E-state index contributed by atoms with van der Waals surface area (Å²) in [4.78, 5) is 27.9. The van der Waals surface area contributed by atoms with Gasteiger partial charge in [0, 0.05) is 19.7 Å². The number of methoxy groups -OCH3 is 3. The summed E-state index contributed by atoms with van der Waals surface area (Å²) >= 11 is 0. The molecule has 2 amide bonds. The van der Waals surface area contributed by atoms with Crippen LogP contribution in [0.25, 0.3) is 0 Å². The fraction of sp³-hybridized carbons (Fsp3) is 0.310. The number of amides is 2. The molecule has 3 aromatic rings. The summed E-state index contributed by atoms with van der Waals surface area (Å²) in [6, 6.07) is 14.9. The van der Waals surface area contributed by atoms with Gasteiger partial charge in [-0.05, 0) is 60.5 Å². The predicted molar refractivity (Wildman–Crippen MR) is 152 cm³/mol. The summed E-state index contributed by atoms with van der Waals surface area (Å²) in [6.45, 7) is 1.13. The van der Waals surface area contributed by atoms with E-state index in [-0.39, 0.29) is 29.3 Å². The first-order chi connectivity index (χ1) is 19.6. The van der Waals surface area contributed by atoms with Gasteiger partial charge in [-0.15, -0.1) is 0 Å². The van der Waals surface area contributed by atoms with Crippen LogP contribution in [0, 0.1) is 5.82 Å². The van der Waals surface area contributed by atoms with E-state index in [4.69, 9.17) is 14.2 Å². The number of nitrogens with one attached hydrogen (secondary N) is 1. The molecule has 1 unspecified atom stereocenters. The quantitative estimate of drug-likeness (QED) is 0.325. The Morgan fingerprint density at radius 1 is 0.902 bits per heavy atom. The Kier molecular flexibility index (Phi) is 10.5. The third kappa shape index (κ3) is 7.26. The van der Waals surface area contributed by atoms with E-state index in [2.05, 4.69) is 5.32 Å². The SMILES string of the molecule is CCC(C(=O)NC)N(Cc1ccc(OC)cc1)C(=O)CN(c1ccc(F)cc1)S(=O)(=O)c1ccc(OC)c(OC)c1. The molecule has 0 aliphatic carbocycles. The van der Waals surface area contributed by atoms with Crippen LogP contribution in [0.1, 0.15) is 18.9 Å². The normalized spacial score (nSPS) is 11.8. The number of carbonyl (C=O) groups is 2. The molecule has 12 heteroatoms. The summed E-state index contributed by atoms with van der Waals surface area (Å²) in [7, 11) is 1.41. The monoisotopic (exact) mass is 587 g/mol. The molecule has 0 saturated heterocycles. The van der Waals surface area contributed by atoms with Gasteiger partial charge in [-0.2, -0.15) is 0 Å². The second-order valence-corrected chi connectivity index (χ2v) is 10.8. The molecule has 0 aliphatic heterocycles. The Balaban J connectivity index is 2.08. The molecule has 0 bridgehead atoms. The average molecular weight is 588 g/mol. The number of likely N-dealkylation sites (N-methyl/N-ethyl adjacent to an activating group) is 1. The standard InChI is InChI=1S/C29H34FN3O7S/c1-6-25(29(35)31-2)32(18-20-7-13-23(38-3)14-8-20)28(34)19-33(22-11-9-21(30)10-12-22)41(36,37)24-15-16-26(39-4)27(17-24)40-5/h7-17,25H,6,18-19H2,1-5H3,(H,31,35). The molecule has 10 nitrogen and oxygen atoms in total. The molecule has 3 rings (SSSR count). The zero-order chi connectivity index (χ0) is 30.2. The van der Waals surface area contributed by atoms with Gasteiger partial charge in [0.1, 0.15) is 24.2 Å². The van der Waals surface area contributed by atoms with Crippen LogP contribution in [0.4, 0.5) is 10.1 Å². The zero-order valence-electron chi connectivity index (χ0n) is 23.6. The van der Waals surface area contributed by atoms with Crippen molar-refractivity contribution in [2.45, 2.75) is 30.8 Å². The first kappa shape index (κ1) is 31.2. The van der Waals surface area contributed by atoms with E-state index in [0.717, 1.165) is 16.4 Å². The largest absolute Gasteiger partial charge is 0.497 e. The number of nitrogens with zero attached hydrogens (tertiary/aromatic N) is 2. The van der Waals surface area contributed by atoms with Crippen LogP contribution >= 0.6 is 0 Å². The van der Waals surface area contributed by atoms with Crippen molar-refractivity contribution in [3.8, 4) is 17.2 Å². The highest BCUT2D eigenvalue weighted by Gasteiger charge is 2.34. The van der Waals surface area contributed by atoms with E-state index >= 15 is 0 Å². The van der Waals surface area contributed by atoms with E-state index in [1.165, 1.54) is 63.6 Å². The number of benzene rings is 3. The first-order valence-electron chi connectivity index (χ1n) is 12.7. The molecule has 0 aromatic heterocycles. The summed E-state index contributed by atoms with van der Waals surface area (Å²) in [5.74, 6) is -0.498. The van der Waals surface area contributed by atoms with Gasteiger partial charge in [0.15, 0.2) is 11.5 Å². The van der Waals surface area contributed by atoms with Crippen LogP contribution < -0.4 is 23.8 Å². The second kappa shape index (κ2) is 13.8. The molecule has 0 spiro atoms. The number of hydrogen-bond acceptors (Lipinski definition) is 7. The number of hydrogen-bond donors (Lipinski definition) is 1. The molecule has 0 aliphatic rings. The maximum atomic E-state index is 14.0. The van der Waals surface area contributed by atoms with Gasteiger partial charge in [0.2, 0.25) is 11.8 Å². The minimum absolute atomic E-state index is 0.0302. The predicted octanol–water partition coefficient (Wildman–Crippen LogP) is 3.60. The van der Waals surface area contributed by atoms with Crippen molar-refractivity contribution in [1.82, 2.24) is 10.2 Å². The molecular formula is C29H34FN3O7S. The van der Waals surface area contributed by atoms with Crippen LogP contribution in [0.5, 0.6) is 17.2 Å². The number of carbonyl (C=O) groups excluding carboxylic acids is 2. The topological polar surface area (TPSA) is 114 Å². The Bertz CT molecular complexity index is 1450. The van der Waals surface area contributed by atoms with Gasteiger partial charge in [-0.25, -0.2) is 12.8 Å². The molecule has 41 heavy (non-hydrogen) atoms. The molecular weight excluding hydrogens is 553 g/mol. The Morgan fingerprint density at radius 2 is 1.54 bits per heavy atom. The molecule has 0 radical (unpaired) electrons. The third-order valence-corrected chi connectivity index (χ3v) is 8.25. The number of rotatable bonds is 13. The highest BCUT2D eigenvalue weighted by molar-refractivity contribution is 7.92. The maximum absolute atomic E-state index is 14.0. The number of halogens is 1. The van der Waals surface area contributed by atoms with E-state index in [1.807, 2.05) is 0 Å². The van der Waals surface area contributed by atoms with Crippen molar-refractivity contribution >= 4 is 27.5 Å².